The summed E-state index contributed by atoms with van der Waals surface area (Å²) in [6.07, 6.45) is 3.51. The van der Waals surface area contributed by atoms with E-state index in [1.807, 2.05) is 17.0 Å². The number of amides is 1. The van der Waals surface area contributed by atoms with Gasteiger partial charge in [-0.15, -0.1) is 0 Å². The van der Waals surface area contributed by atoms with Crippen LogP contribution in [0.3, 0.4) is 0 Å². The molecule has 84 valence electrons. The highest BCUT2D eigenvalue weighted by Crippen LogP contribution is 2.32. The molecule has 16 heavy (non-hydrogen) atoms. The summed E-state index contributed by atoms with van der Waals surface area (Å²) in [7, 11) is 0. The highest BCUT2D eigenvalue weighted by molar-refractivity contribution is 9.10. The van der Waals surface area contributed by atoms with Crippen molar-refractivity contribution in [3.63, 3.8) is 0 Å². The highest BCUT2D eigenvalue weighted by atomic mass is 79.9. The minimum absolute atomic E-state index is 0.0328. The number of carbonyl (C=O) groups is 1. The zero-order valence-electron chi connectivity index (χ0n) is 9.03. The molecule has 1 aliphatic rings. The van der Waals surface area contributed by atoms with Crippen molar-refractivity contribution in [3.05, 3.63) is 47.0 Å². The van der Waals surface area contributed by atoms with Gasteiger partial charge in [0.1, 0.15) is 0 Å². The van der Waals surface area contributed by atoms with Crippen LogP contribution in [0.2, 0.25) is 0 Å². The van der Waals surface area contributed by atoms with Gasteiger partial charge in [0.25, 0.3) is 0 Å². The number of carbonyl (C=O) groups excluding carboxylic acids is 1. The van der Waals surface area contributed by atoms with E-state index in [0.717, 1.165) is 23.9 Å². The van der Waals surface area contributed by atoms with Crippen LogP contribution < -0.4 is 0 Å². The van der Waals surface area contributed by atoms with Gasteiger partial charge in [0.2, 0.25) is 5.91 Å². The van der Waals surface area contributed by atoms with E-state index in [2.05, 4.69) is 34.6 Å². The van der Waals surface area contributed by atoms with Gasteiger partial charge in [-0.05, 0) is 36.6 Å². The number of hydrogen-bond donors (Lipinski definition) is 0. The van der Waals surface area contributed by atoms with Crippen LogP contribution in [0, 0.1) is 0 Å². The molecule has 1 unspecified atom stereocenters. The molecule has 0 aromatic heterocycles. The van der Waals surface area contributed by atoms with Crippen molar-refractivity contribution < 1.29 is 4.79 Å². The molecule has 1 aromatic carbocycles. The summed E-state index contributed by atoms with van der Waals surface area (Å²) >= 11 is 3.42. The van der Waals surface area contributed by atoms with Crippen LogP contribution in [0.4, 0.5) is 0 Å². The molecule has 1 fully saturated rings. The van der Waals surface area contributed by atoms with Crippen molar-refractivity contribution in [2.45, 2.75) is 18.9 Å². The Balaban J connectivity index is 2.22. The van der Waals surface area contributed by atoms with Gasteiger partial charge in [0.15, 0.2) is 0 Å². The van der Waals surface area contributed by atoms with Crippen LogP contribution in [0.25, 0.3) is 0 Å². The lowest BCUT2D eigenvalue weighted by molar-refractivity contribution is -0.126. The maximum absolute atomic E-state index is 11.7. The van der Waals surface area contributed by atoms with Gasteiger partial charge >= 0.3 is 0 Å². The topological polar surface area (TPSA) is 20.3 Å². The summed E-state index contributed by atoms with van der Waals surface area (Å²) in [5.74, 6) is 0.0328. The van der Waals surface area contributed by atoms with E-state index in [1.54, 1.807) is 0 Å². The monoisotopic (exact) mass is 279 g/mol. The van der Waals surface area contributed by atoms with Crippen molar-refractivity contribution in [1.82, 2.24) is 4.90 Å². The Hall–Kier alpha value is -1.09. The molecule has 0 radical (unpaired) electrons. The Labute approximate surface area is 104 Å². The molecule has 1 aromatic rings. The molecular weight excluding hydrogens is 266 g/mol. The van der Waals surface area contributed by atoms with E-state index >= 15 is 0 Å². The van der Waals surface area contributed by atoms with Gasteiger partial charge in [0.05, 0.1) is 6.04 Å². The van der Waals surface area contributed by atoms with E-state index < -0.39 is 0 Å². The summed E-state index contributed by atoms with van der Waals surface area (Å²) < 4.78 is 1.07. The van der Waals surface area contributed by atoms with Gasteiger partial charge in [0, 0.05) is 11.0 Å². The molecule has 1 heterocycles. The largest absolute Gasteiger partial charge is 0.332 e. The average molecular weight is 280 g/mol. The van der Waals surface area contributed by atoms with E-state index in [0.29, 0.717) is 0 Å². The first-order valence-electron chi connectivity index (χ1n) is 5.41. The van der Waals surface area contributed by atoms with Crippen molar-refractivity contribution in [2.75, 3.05) is 6.54 Å². The zero-order chi connectivity index (χ0) is 11.5. The lowest BCUT2D eigenvalue weighted by Crippen LogP contribution is -2.28. The predicted molar refractivity (Wildman–Crippen MR) is 68.0 cm³/mol. The molecule has 1 saturated heterocycles. The molecule has 1 atom stereocenters. The van der Waals surface area contributed by atoms with Crippen LogP contribution in [0.1, 0.15) is 24.4 Å². The summed E-state index contributed by atoms with van der Waals surface area (Å²) in [5.41, 5.74) is 1.20. The average Bonchev–Trinajstić information content (AvgIpc) is 2.78. The fourth-order valence-corrected chi connectivity index (χ4v) is 2.44. The normalized spacial score (nSPS) is 19.8. The molecule has 1 amide bonds. The first kappa shape index (κ1) is 11.4. The zero-order valence-corrected chi connectivity index (χ0v) is 10.6. The Morgan fingerprint density at radius 3 is 2.75 bits per heavy atom. The Morgan fingerprint density at radius 1 is 1.44 bits per heavy atom. The lowest BCUT2D eigenvalue weighted by Gasteiger charge is -2.23. The second kappa shape index (κ2) is 4.83. The van der Waals surface area contributed by atoms with Gasteiger partial charge in [-0.25, -0.2) is 0 Å². The second-order valence-corrected chi connectivity index (χ2v) is 4.86. The quantitative estimate of drug-likeness (QED) is 0.761. The molecule has 0 saturated carbocycles. The number of halogens is 1. The van der Waals surface area contributed by atoms with Crippen LogP contribution >= 0.6 is 15.9 Å². The predicted octanol–water partition coefficient (Wildman–Crippen LogP) is 3.30. The Kier molecular flexibility index (Phi) is 3.44. The number of benzene rings is 1. The van der Waals surface area contributed by atoms with Crippen molar-refractivity contribution in [3.8, 4) is 0 Å². The third-order valence-corrected chi connectivity index (χ3v) is 3.49. The molecule has 0 bridgehead atoms. The van der Waals surface area contributed by atoms with Crippen LogP contribution in [-0.2, 0) is 4.79 Å². The second-order valence-electron chi connectivity index (χ2n) is 3.95. The maximum atomic E-state index is 11.7. The van der Waals surface area contributed by atoms with Crippen molar-refractivity contribution >= 4 is 21.8 Å². The minimum atomic E-state index is 0.0328. The Morgan fingerprint density at radius 2 is 2.12 bits per heavy atom. The molecule has 0 spiro atoms. The number of rotatable bonds is 2. The van der Waals surface area contributed by atoms with Crippen LogP contribution in [-0.4, -0.2) is 17.4 Å². The lowest BCUT2D eigenvalue weighted by atomic mass is 10.0. The molecule has 0 aliphatic carbocycles. The maximum Gasteiger partial charge on any atom is 0.246 e. The van der Waals surface area contributed by atoms with Crippen LogP contribution in [0.15, 0.2) is 41.4 Å². The number of hydrogen-bond acceptors (Lipinski definition) is 1. The van der Waals surface area contributed by atoms with Gasteiger partial charge in [-0.3, -0.25) is 4.79 Å². The fraction of sp³-hybridized carbons (Fsp3) is 0.308. The highest BCUT2D eigenvalue weighted by Gasteiger charge is 2.28. The summed E-state index contributed by atoms with van der Waals surface area (Å²) in [4.78, 5) is 13.6. The van der Waals surface area contributed by atoms with Gasteiger partial charge in [-0.1, -0.05) is 34.6 Å². The van der Waals surface area contributed by atoms with Gasteiger partial charge < -0.3 is 4.90 Å². The molecule has 0 N–H and O–H groups in total. The minimum Gasteiger partial charge on any atom is -0.332 e. The fourth-order valence-electron chi connectivity index (χ4n) is 2.18. The summed E-state index contributed by atoms with van der Waals surface area (Å²) in [6.45, 7) is 4.39. The number of nitrogens with zero attached hydrogens (tertiary/aromatic N) is 1. The number of likely N-dealkylation sites (tertiary alicyclic amines) is 1. The van der Waals surface area contributed by atoms with Crippen molar-refractivity contribution in [1.29, 1.82) is 0 Å². The van der Waals surface area contributed by atoms with Gasteiger partial charge in [-0.2, -0.15) is 0 Å². The van der Waals surface area contributed by atoms with E-state index in [4.69, 9.17) is 0 Å². The molecule has 3 heteroatoms. The summed E-state index contributed by atoms with van der Waals surface area (Å²) in [5, 5.41) is 0. The third-order valence-electron chi connectivity index (χ3n) is 2.97. The molecule has 2 nitrogen and oxygen atoms in total. The summed E-state index contributed by atoms with van der Waals surface area (Å²) in [6, 6.07) is 8.40. The SMILES string of the molecule is C=CC(=O)N1CCCC1c1ccc(Br)cc1. The first-order valence-corrected chi connectivity index (χ1v) is 6.20. The molecular formula is C13H14BrNO. The van der Waals surface area contributed by atoms with E-state index in [1.165, 1.54) is 11.6 Å². The standard InChI is InChI=1S/C13H14BrNO/c1-2-13(16)15-9-3-4-12(15)10-5-7-11(14)8-6-10/h2,5-8,12H,1,3-4,9H2. The smallest absolute Gasteiger partial charge is 0.246 e. The van der Waals surface area contributed by atoms with Crippen molar-refractivity contribution in [2.24, 2.45) is 0 Å². The molecule has 1 aliphatic heterocycles. The third kappa shape index (κ3) is 2.19. The first-order chi connectivity index (χ1) is 7.72. The van der Waals surface area contributed by atoms with E-state index in [-0.39, 0.29) is 11.9 Å². The van der Waals surface area contributed by atoms with Crippen LogP contribution in [0.5, 0.6) is 0 Å². The molecule has 2 rings (SSSR count). The van der Waals surface area contributed by atoms with E-state index in [9.17, 15) is 4.79 Å². The Bertz CT molecular complexity index is 399.